The number of nitriles is 1. The molecule has 20 heavy (non-hydrogen) atoms. The third kappa shape index (κ3) is 2.53. The molecular weight excluding hydrogens is 274 g/mol. The fraction of sp³-hybridized carbons (Fsp3) is 0. The summed E-state index contributed by atoms with van der Waals surface area (Å²) >= 11 is 5.84. The van der Waals surface area contributed by atoms with Crippen molar-refractivity contribution in [1.82, 2.24) is 9.97 Å². The summed E-state index contributed by atoms with van der Waals surface area (Å²) in [6.45, 7) is 0. The number of hydrogen-bond acceptors (Lipinski definition) is 4. The van der Waals surface area contributed by atoms with Gasteiger partial charge in [0, 0.05) is 29.9 Å². The van der Waals surface area contributed by atoms with Crippen molar-refractivity contribution in [2.24, 2.45) is 0 Å². The van der Waals surface area contributed by atoms with E-state index < -0.39 is 0 Å². The molecule has 0 aliphatic rings. The zero-order valence-corrected chi connectivity index (χ0v) is 11.0. The molecule has 2 aromatic heterocycles. The Morgan fingerprint density at radius 1 is 1.05 bits per heavy atom. The van der Waals surface area contributed by atoms with Gasteiger partial charge in [0.05, 0.1) is 0 Å². The van der Waals surface area contributed by atoms with Crippen LogP contribution in [0.4, 0.5) is 0 Å². The Hall–Kier alpha value is -2.64. The minimum absolute atomic E-state index is 0.218. The minimum Gasteiger partial charge on any atom is -0.457 e. The van der Waals surface area contributed by atoms with Gasteiger partial charge in [0.1, 0.15) is 28.4 Å². The van der Waals surface area contributed by atoms with E-state index in [1.807, 2.05) is 30.3 Å². The van der Waals surface area contributed by atoms with Crippen molar-refractivity contribution in [3.63, 3.8) is 0 Å². The highest BCUT2D eigenvalue weighted by Gasteiger charge is 2.04. The van der Waals surface area contributed by atoms with Gasteiger partial charge in [0.15, 0.2) is 0 Å². The largest absolute Gasteiger partial charge is 0.457 e. The molecule has 5 heteroatoms. The Kier molecular flexibility index (Phi) is 3.20. The van der Waals surface area contributed by atoms with Gasteiger partial charge in [-0.1, -0.05) is 17.7 Å². The molecule has 0 aliphatic carbocycles. The molecule has 0 saturated heterocycles. The number of ether oxygens (including phenoxy) is 1. The predicted molar refractivity (Wildman–Crippen MR) is 75.8 cm³/mol. The van der Waals surface area contributed by atoms with Gasteiger partial charge in [-0.25, -0.2) is 4.98 Å². The summed E-state index contributed by atoms with van der Waals surface area (Å²) in [6.07, 6.45) is 3.51. The molecule has 0 unspecified atom stereocenters. The first-order valence-corrected chi connectivity index (χ1v) is 6.22. The normalized spacial score (nSPS) is 10.2. The smallest absolute Gasteiger partial charge is 0.145 e. The first-order valence-electron chi connectivity index (χ1n) is 5.84. The molecule has 0 spiro atoms. The van der Waals surface area contributed by atoms with Crippen LogP contribution in [0.3, 0.4) is 0 Å². The lowest BCUT2D eigenvalue weighted by Gasteiger charge is -2.07. The molecule has 0 radical (unpaired) electrons. The van der Waals surface area contributed by atoms with E-state index >= 15 is 0 Å². The van der Waals surface area contributed by atoms with E-state index in [-0.39, 0.29) is 10.8 Å². The number of fused-ring (bicyclic) bond motifs is 1. The molecule has 0 aliphatic heterocycles. The second-order valence-corrected chi connectivity index (χ2v) is 4.50. The molecule has 4 nitrogen and oxygen atoms in total. The lowest BCUT2D eigenvalue weighted by atomic mass is 10.2. The van der Waals surface area contributed by atoms with Gasteiger partial charge < -0.3 is 4.74 Å². The SMILES string of the molecule is N#Cc1cc(Oc2ccc3ccncc3c2)cc(Cl)n1. The maximum Gasteiger partial charge on any atom is 0.145 e. The second-order valence-electron chi connectivity index (χ2n) is 4.11. The van der Waals surface area contributed by atoms with E-state index in [4.69, 9.17) is 21.6 Å². The summed E-state index contributed by atoms with van der Waals surface area (Å²) < 4.78 is 5.71. The van der Waals surface area contributed by atoms with Gasteiger partial charge in [-0.05, 0) is 23.6 Å². The highest BCUT2D eigenvalue weighted by molar-refractivity contribution is 6.29. The second kappa shape index (κ2) is 5.16. The van der Waals surface area contributed by atoms with E-state index in [9.17, 15) is 0 Å². The molecule has 2 heterocycles. The van der Waals surface area contributed by atoms with Crippen molar-refractivity contribution in [3.8, 4) is 17.6 Å². The fourth-order valence-corrected chi connectivity index (χ4v) is 2.05. The van der Waals surface area contributed by atoms with Crippen molar-refractivity contribution in [3.05, 3.63) is 59.6 Å². The molecule has 0 atom stereocenters. The zero-order valence-electron chi connectivity index (χ0n) is 10.2. The third-order valence-electron chi connectivity index (χ3n) is 2.73. The Morgan fingerprint density at radius 3 is 2.80 bits per heavy atom. The van der Waals surface area contributed by atoms with Gasteiger partial charge in [-0.15, -0.1) is 0 Å². The van der Waals surface area contributed by atoms with Crippen LogP contribution in [-0.2, 0) is 0 Å². The maximum atomic E-state index is 8.86. The number of aromatic nitrogens is 2. The Labute approximate surface area is 120 Å². The van der Waals surface area contributed by atoms with E-state index in [1.54, 1.807) is 24.5 Å². The quantitative estimate of drug-likeness (QED) is 0.667. The van der Waals surface area contributed by atoms with Gasteiger partial charge in [0.25, 0.3) is 0 Å². The van der Waals surface area contributed by atoms with Crippen LogP contribution in [0.2, 0.25) is 5.15 Å². The van der Waals surface area contributed by atoms with Crippen LogP contribution in [0.25, 0.3) is 10.8 Å². The summed E-state index contributed by atoms with van der Waals surface area (Å²) in [5.74, 6) is 1.13. The van der Waals surface area contributed by atoms with Crippen LogP contribution in [0, 0.1) is 11.3 Å². The van der Waals surface area contributed by atoms with Gasteiger partial charge >= 0.3 is 0 Å². The first kappa shape index (κ1) is 12.4. The number of rotatable bonds is 2. The summed E-state index contributed by atoms with van der Waals surface area (Å²) in [5.41, 5.74) is 0.218. The van der Waals surface area contributed by atoms with E-state index in [0.717, 1.165) is 10.8 Å². The Balaban J connectivity index is 1.97. The van der Waals surface area contributed by atoms with Crippen LogP contribution in [0.15, 0.2) is 48.8 Å². The number of halogens is 1. The molecule has 96 valence electrons. The Bertz CT molecular complexity index is 827. The van der Waals surface area contributed by atoms with Crippen molar-refractivity contribution in [2.45, 2.75) is 0 Å². The highest BCUT2D eigenvalue weighted by atomic mass is 35.5. The first-order chi connectivity index (χ1) is 9.74. The predicted octanol–water partition coefficient (Wildman–Crippen LogP) is 3.95. The lowest BCUT2D eigenvalue weighted by molar-refractivity contribution is 0.482. The molecule has 3 aromatic rings. The van der Waals surface area contributed by atoms with Crippen LogP contribution in [0.5, 0.6) is 11.5 Å². The van der Waals surface area contributed by atoms with Crippen molar-refractivity contribution >= 4 is 22.4 Å². The summed E-state index contributed by atoms with van der Waals surface area (Å²) in [7, 11) is 0. The maximum absolute atomic E-state index is 8.86. The average Bonchev–Trinajstić information content (AvgIpc) is 2.46. The molecule has 0 fully saturated rings. The highest BCUT2D eigenvalue weighted by Crippen LogP contribution is 2.27. The molecule has 0 N–H and O–H groups in total. The van der Waals surface area contributed by atoms with Crippen LogP contribution in [0.1, 0.15) is 5.69 Å². The van der Waals surface area contributed by atoms with Crippen LogP contribution in [-0.4, -0.2) is 9.97 Å². The zero-order chi connectivity index (χ0) is 13.9. The lowest BCUT2D eigenvalue weighted by Crippen LogP contribution is -1.89. The molecule has 1 aromatic carbocycles. The molecule has 0 saturated carbocycles. The molecule has 3 rings (SSSR count). The number of pyridine rings is 2. The van der Waals surface area contributed by atoms with Crippen molar-refractivity contribution in [1.29, 1.82) is 5.26 Å². The van der Waals surface area contributed by atoms with Crippen LogP contribution >= 0.6 is 11.6 Å². The Morgan fingerprint density at radius 2 is 1.95 bits per heavy atom. The van der Waals surface area contributed by atoms with Crippen molar-refractivity contribution in [2.75, 3.05) is 0 Å². The molecule has 0 amide bonds. The van der Waals surface area contributed by atoms with Crippen LogP contribution < -0.4 is 4.74 Å². The van der Waals surface area contributed by atoms with Gasteiger partial charge in [0.2, 0.25) is 0 Å². The fourth-order valence-electron chi connectivity index (χ4n) is 1.85. The van der Waals surface area contributed by atoms with Crippen molar-refractivity contribution < 1.29 is 4.74 Å². The third-order valence-corrected chi connectivity index (χ3v) is 2.92. The topological polar surface area (TPSA) is 58.8 Å². The number of benzene rings is 1. The minimum atomic E-state index is 0.218. The number of nitrogens with zero attached hydrogens (tertiary/aromatic N) is 3. The van der Waals surface area contributed by atoms with E-state index in [0.29, 0.717) is 11.5 Å². The summed E-state index contributed by atoms with van der Waals surface area (Å²) in [6, 6.07) is 12.6. The van der Waals surface area contributed by atoms with Gasteiger partial charge in [-0.3, -0.25) is 4.98 Å². The van der Waals surface area contributed by atoms with Gasteiger partial charge in [-0.2, -0.15) is 5.26 Å². The van der Waals surface area contributed by atoms with E-state index in [1.165, 1.54) is 0 Å². The molecular formula is C15H8ClN3O. The monoisotopic (exact) mass is 281 g/mol. The standard InChI is InChI=1S/C15H8ClN3O/c16-15-7-14(6-12(8-17)19-15)20-13-2-1-10-3-4-18-9-11(10)5-13/h1-7,9H. The molecule has 0 bridgehead atoms. The summed E-state index contributed by atoms with van der Waals surface area (Å²) in [4.78, 5) is 7.93. The van der Waals surface area contributed by atoms with E-state index in [2.05, 4.69) is 9.97 Å². The summed E-state index contributed by atoms with van der Waals surface area (Å²) in [5, 5.41) is 11.1. The number of hydrogen-bond donors (Lipinski definition) is 0. The average molecular weight is 282 g/mol.